The Morgan fingerprint density at radius 2 is 1.27 bits per heavy atom. The summed E-state index contributed by atoms with van der Waals surface area (Å²) < 4.78 is 112. The number of halogens is 8. The van der Waals surface area contributed by atoms with E-state index >= 15 is 0 Å². The standard InChI is InChI=1S/C21H26F8O4/c22-17(23)20(26,27)21(28,29)19(24,25)11-33-16(31)2-1-15(30)32-4-3-18-8-12-5-13(9-18)7-14(6-12)10-18/h12-14,17H,1-11H2. The summed E-state index contributed by atoms with van der Waals surface area (Å²) in [6, 6.07) is 0. The van der Waals surface area contributed by atoms with Gasteiger partial charge in [-0.2, -0.15) is 26.3 Å². The molecule has 12 heteroatoms. The van der Waals surface area contributed by atoms with Gasteiger partial charge >= 0.3 is 36.1 Å². The lowest BCUT2D eigenvalue weighted by Gasteiger charge is -2.57. The number of hydrogen-bond donors (Lipinski definition) is 0. The van der Waals surface area contributed by atoms with Gasteiger partial charge in [0.05, 0.1) is 19.4 Å². The molecule has 4 saturated carbocycles. The van der Waals surface area contributed by atoms with Crippen molar-refractivity contribution < 1.29 is 54.2 Å². The number of carbonyl (C=O) groups excluding carboxylic acids is 2. The van der Waals surface area contributed by atoms with Crippen molar-refractivity contribution in [2.45, 2.75) is 82.0 Å². The lowest BCUT2D eigenvalue weighted by molar-refractivity contribution is -0.344. The Balaban J connectivity index is 1.37. The maximum atomic E-state index is 13.4. The van der Waals surface area contributed by atoms with E-state index in [0.717, 1.165) is 19.3 Å². The predicted octanol–water partition coefficient (Wildman–Crippen LogP) is 5.63. The van der Waals surface area contributed by atoms with E-state index in [2.05, 4.69) is 4.74 Å². The largest absolute Gasteiger partial charge is 0.466 e. The van der Waals surface area contributed by atoms with Gasteiger partial charge in [0.2, 0.25) is 0 Å². The Bertz CT molecular complexity index is 704. The zero-order valence-corrected chi connectivity index (χ0v) is 17.7. The fourth-order valence-corrected chi connectivity index (χ4v) is 5.97. The maximum Gasteiger partial charge on any atom is 0.381 e. The minimum atomic E-state index is -6.45. The SMILES string of the molecule is O=C(CCC(=O)OCC(F)(F)C(F)(F)C(F)(F)C(F)F)OCCC12CC3CC(CC(C3)C1)C2. The molecule has 0 amide bonds. The molecular weight excluding hydrogens is 468 g/mol. The number of hydrogen-bond acceptors (Lipinski definition) is 4. The number of carbonyl (C=O) groups is 2. The number of esters is 2. The molecule has 0 saturated heterocycles. The highest BCUT2D eigenvalue weighted by Crippen LogP contribution is 2.61. The van der Waals surface area contributed by atoms with Crippen molar-refractivity contribution in [2.24, 2.45) is 23.2 Å². The number of rotatable bonds is 11. The van der Waals surface area contributed by atoms with E-state index in [1.165, 1.54) is 19.3 Å². The summed E-state index contributed by atoms with van der Waals surface area (Å²) in [4.78, 5) is 23.3. The molecule has 4 bridgehead atoms. The topological polar surface area (TPSA) is 52.6 Å². The summed E-state index contributed by atoms with van der Waals surface area (Å²) in [7, 11) is 0. The predicted molar refractivity (Wildman–Crippen MR) is 97.2 cm³/mol. The first-order valence-electron chi connectivity index (χ1n) is 10.9. The first-order valence-corrected chi connectivity index (χ1v) is 10.9. The summed E-state index contributed by atoms with van der Waals surface area (Å²) in [5.41, 5.74) is 0.158. The summed E-state index contributed by atoms with van der Waals surface area (Å²) in [5, 5.41) is 0. The summed E-state index contributed by atoms with van der Waals surface area (Å²) in [5.74, 6) is -18.8. The van der Waals surface area contributed by atoms with Crippen LogP contribution in [0.3, 0.4) is 0 Å². The van der Waals surface area contributed by atoms with Gasteiger partial charge in [0.1, 0.15) is 0 Å². The smallest absolute Gasteiger partial charge is 0.381 e. The molecule has 0 aromatic heterocycles. The highest BCUT2D eigenvalue weighted by Gasteiger charge is 2.75. The Morgan fingerprint density at radius 3 is 1.73 bits per heavy atom. The van der Waals surface area contributed by atoms with Gasteiger partial charge in [-0.25, -0.2) is 8.78 Å². The number of ether oxygens (including phenoxy) is 2. The summed E-state index contributed by atoms with van der Waals surface area (Å²) in [6.07, 6.45) is 1.31. The van der Waals surface area contributed by atoms with Crippen molar-refractivity contribution in [1.82, 2.24) is 0 Å². The van der Waals surface area contributed by atoms with Crippen LogP contribution in [-0.2, 0) is 19.1 Å². The highest BCUT2D eigenvalue weighted by atomic mass is 19.4. The van der Waals surface area contributed by atoms with E-state index in [9.17, 15) is 44.7 Å². The lowest BCUT2D eigenvalue weighted by Crippen LogP contribution is -2.59. The van der Waals surface area contributed by atoms with Gasteiger partial charge in [-0.1, -0.05) is 0 Å². The molecule has 0 aliphatic heterocycles. The first-order chi connectivity index (χ1) is 15.2. The van der Waals surface area contributed by atoms with E-state index < -0.39 is 55.6 Å². The summed E-state index contributed by atoms with van der Waals surface area (Å²) >= 11 is 0. The summed E-state index contributed by atoms with van der Waals surface area (Å²) in [6.45, 7) is -2.41. The van der Waals surface area contributed by atoms with E-state index in [1.807, 2.05) is 0 Å². The van der Waals surface area contributed by atoms with Gasteiger partial charge in [0.25, 0.3) is 0 Å². The molecule has 33 heavy (non-hydrogen) atoms. The fraction of sp³-hybridized carbons (Fsp3) is 0.905. The second kappa shape index (κ2) is 9.20. The van der Waals surface area contributed by atoms with Gasteiger partial charge in [-0.3, -0.25) is 9.59 Å². The van der Waals surface area contributed by atoms with Gasteiger partial charge < -0.3 is 9.47 Å². The van der Waals surface area contributed by atoms with Crippen molar-refractivity contribution in [2.75, 3.05) is 13.2 Å². The van der Waals surface area contributed by atoms with Crippen LogP contribution in [0.5, 0.6) is 0 Å². The van der Waals surface area contributed by atoms with Crippen molar-refractivity contribution in [3.05, 3.63) is 0 Å². The molecule has 0 spiro atoms. The van der Waals surface area contributed by atoms with Gasteiger partial charge in [0, 0.05) is 0 Å². The quantitative estimate of drug-likeness (QED) is 0.276. The van der Waals surface area contributed by atoms with Crippen LogP contribution in [0.15, 0.2) is 0 Å². The third-order valence-corrected chi connectivity index (χ3v) is 7.16. The zero-order valence-electron chi connectivity index (χ0n) is 17.7. The maximum absolute atomic E-state index is 13.4. The Kier molecular flexibility index (Phi) is 7.25. The number of alkyl halides is 8. The molecule has 0 aromatic rings. The molecule has 4 nitrogen and oxygen atoms in total. The average Bonchev–Trinajstić information content (AvgIpc) is 2.69. The minimum absolute atomic E-state index is 0.132. The Labute approximate surface area is 185 Å². The van der Waals surface area contributed by atoms with Crippen LogP contribution in [0.4, 0.5) is 35.1 Å². The molecule has 4 aliphatic rings. The van der Waals surface area contributed by atoms with Crippen molar-refractivity contribution >= 4 is 11.9 Å². The third-order valence-electron chi connectivity index (χ3n) is 7.16. The van der Waals surface area contributed by atoms with Crippen molar-refractivity contribution in [3.63, 3.8) is 0 Å². The molecule has 0 N–H and O–H groups in total. The first kappa shape index (κ1) is 26.0. The minimum Gasteiger partial charge on any atom is -0.466 e. The van der Waals surface area contributed by atoms with Crippen LogP contribution in [0.25, 0.3) is 0 Å². The average molecular weight is 494 g/mol. The zero-order chi connectivity index (χ0) is 24.7. The molecule has 4 rings (SSSR count). The second-order valence-corrected chi connectivity index (χ2v) is 9.75. The molecule has 4 aliphatic carbocycles. The molecule has 190 valence electrons. The molecule has 0 radical (unpaired) electrons. The van der Waals surface area contributed by atoms with Crippen LogP contribution in [0.1, 0.15) is 57.8 Å². The van der Waals surface area contributed by atoms with Crippen LogP contribution < -0.4 is 0 Å². The van der Waals surface area contributed by atoms with Crippen LogP contribution in [0.2, 0.25) is 0 Å². The van der Waals surface area contributed by atoms with Crippen molar-refractivity contribution in [3.8, 4) is 0 Å². The monoisotopic (exact) mass is 494 g/mol. The molecule has 0 unspecified atom stereocenters. The van der Waals surface area contributed by atoms with Gasteiger partial charge in [0.15, 0.2) is 6.61 Å². The lowest BCUT2D eigenvalue weighted by atomic mass is 9.49. The Morgan fingerprint density at radius 1 is 0.818 bits per heavy atom. The molecule has 4 fully saturated rings. The van der Waals surface area contributed by atoms with Crippen molar-refractivity contribution in [1.29, 1.82) is 0 Å². The van der Waals surface area contributed by atoms with Gasteiger partial charge in [-0.05, 0) is 68.1 Å². The third kappa shape index (κ3) is 5.39. The van der Waals surface area contributed by atoms with Crippen LogP contribution in [0, 0.1) is 23.2 Å². The van der Waals surface area contributed by atoms with E-state index in [1.54, 1.807) is 0 Å². The van der Waals surface area contributed by atoms with Crippen LogP contribution in [-0.4, -0.2) is 49.3 Å². The Hall–Kier alpha value is -1.62. The molecule has 0 aromatic carbocycles. The molecular formula is C21H26F8O4. The second-order valence-electron chi connectivity index (χ2n) is 9.75. The van der Waals surface area contributed by atoms with Crippen LogP contribution >= 0.6 is 0 Å². The normalized spacial score (nSPS) is 29.4. The molecule has 0 atom stereocenters. The van der Waals surface area contributed by atoms with E-state index in [-0.39, 0.29) is 12.0 Å². The fourth-order valence-electron chi connectivity index (χ4n) is 5.97. The van der Waals surface area contributed by atoms with Gasteiger partial charge in [-0.15, -0.1) is 0 Å². The van der Waals surface area contributed by atoms with E-state index in [0.29, 0.717) is 24.2 Å². The highest BCUT2D eigenvalue weighted by molar-refractivity contribution is 5.77. The molecule has 0 heterocycles. The van der Waals surface area contributed by atoms with E-state index in [4.69, 9.17) is 4.74 Å².